The molecule has 3 fully saturated rings. The summed E-state index contributed by atoms with van der Waals surface area (Å²) in [5, 5.41) is 7.18. The molecule has 2 atom stereocenters. The van der Waals surface area contributed by atoms with Crippen LogP contribution in [0.15, 0.2) is 4.52 Å². The van der Waals surface area contributed by atoms with E-state index < -0.39 is 0 Å². The normalized spacial score (nSPS) is 28.3. The molecule has 23 heavy (non-hydrogen) atoms. The maximum absolute atomic E-state index is 12.2. The van der Waals surface area contributed by atoms with Crippen LogP contribution in [0, 0.1) is 5.92 Å². The van der Waals surface area contributed by atoms with Crippen molar-refractivity contribution in [3.63, 3.8) is 0 Å². The molecule has 2 unspecified atom stereocenters. The highest BCUT2D eigenvalue weighted by molar-refractivity contribution is 5.78. The van der Waals surface area contributed by atoms with Gasteiger partial charge in [0, 0.05) is 25.0 Å². The summed E-state index contributed by atoms with van der Waals surface area (Å²) >= 11 is 0. The Balaban J connectivity index is 1.30. The molecular weight excluding hydrogens is 296 g/mol. The van der Waals surface area contributed by atoms with Crippen molar-refractivity contribution in [3.8, 4) is 0 Å². The molecule has 1 aliphatic carbocycles. The van der Waals surface area contributed by atoms with E-state index in [0.29, 0.717) is 24.9 Å². The number of carbonyl (C=O) groups excluding carboxylic acids is 1. The summed E-state index contributed by atoms with van der Waals surface area (Å²) in [5.41, 5.74) is 0. The highest BCUT2D eigenvalue weighted by Gasteiger charge is 2.34. The van der Waals surface area contributed by atoms with Crippen molar-refractivity contribution < 1.29 is 14.1 Å². The summed E-state index contributed by atoms with van der Waals surface area (Å²) in [6, 6.07) is 0.117. The molecule has 0 aromatic carbocycles. The zero-order valence-corrected chi connectivity index (χ0v) is 13.4. The van der Waals surface area contributed by atoms with Gasteiger partial charge in [0.2, 0.25) is 11.8 Å². The second-order valence-corrected chi connectivity index (χ2v) is 6.93. The maximum atomic E-state index is 12.2. The van der Waals surface area contributed by atoms with E-state index in [1.54, 1.807) is 0 Å². The van der Waals surface area contributed by atoms with Crippen molar-refractivity contribution in [2.45, 2.75) is 44.1 Å². The highest BCUT2D eigenvalue weighted by atomic mass is 16.5. The first-order chi connectivity index (χ1) is 11.3. The minimum Gasteiger partial charge on any atom is -0.381 e. The highest BCUT2D eigenvalue weighted by Crippen LogP contribution is 2.40. The Morgan fingerprint density at radius 1 is 1.30 bits per heavy atom. The summed E-state index contributed by atoms with van der Waals surface area (Å²) < 4.78 is 10.7. The molecular formula is C16H24N4O3. The number of amides is 1. The number of nitrogens with one attached hydrogen (secondary N) is 1. The molecule has 126 valence electrons. The molecule has 3 aliphatic rings. The quantitative estimate of drug-likeness (QED) is 0.849. The molecule has 1 aromatic heterocycles. The number of likely N-dealkylation sites (tertiary alicyclic amines) is 1. The third-order valence-electron chi connectivity index (χ3n) is 5.00. The lowest BCUT2D eigenvalue weighted by Gasteiger charge is -2.21. The van der Waals surface area contributed by atoms with Crippen molar-refractivity contribution in [1.82, 2.24) is 20.4 Å². The first kappa shape index (κ1) is 15.1. The predicted molar refractivity (Wildman–Crippen MR) is 81.8 cm³/mol. The Kier molecular flexibility index (Phi) is 4.31. The molecule has 7 nitrogen and oxygen atoms in total. The van der Waals surface area contributed by atoms with Crippen LogP contribution in [0.4, 0.5) is 0 Å². The molecule has 2 aliphatic heterocycles. The fourth-order valence-corrected chi connectivity index (χ4v) is 3.43. The van der Waals surface area contributed by atoms with E-state index in [0.717, 1.165) is 63.6 Å². The Morgan fingerprint density at radius 3 is 3.00 bits per heavy atom. The van der Waals surface area contributed by atoms with E-state index in [-0.39, 0.29) is 11.9 Å². The van der Waals surface area contributed by atoms with Gasteiger partial charge in [0.1, 0.15) is 0 Å². The van der Waals surface area contributed by atoms with E-state index in [9.17, 15) is 4.79 Å². The lowest BCUT2D eigenvalue weighted by atomic mass is 10.1. The van der Waals surface area contributed by atoms with Crippen molar-refractivity contribution in [3.05, 3.63) is 11.7 Å². The molecule has 1 N–H and O–H groups in total. The molecule has 3 heterocycles. The molecule has 4 rings (SSSR count). The van der Waals surface area contributed by atoms with Gasteiger partial charge < -0.3 is 14.6 Å². The minimum absolute atomic E-state index is 0.0784. The van der Waals surface area contributed by atoms with Gasteiger partial charge in [0.15, 0.2) is 5.82 Å². The monoisotopic (exact) mass is 320 g/mol. The van der Waals surface area contributed by atoms with Gasteiger partial charge in [-0.2, -0.15) is 4.98 Å². The number of nitrogens with zero attached hydrogens (tertiary/aromatic N) is 3. The van der Waals surface area contributed by atoms with Crippen LogP contribution in [-0.2, 0) is 9.53 Å². The molecule has 0 spiro atoms. The Morgan fingerprint density at radius 2 is 2.22 bits per heavy atom. The number of rotatable bonds is 6. The van der Waals surface area contributed by atoms with Gasteiger partial charge in [0.25, 0.3) is 0 Å². The minimum atomic E-state index is 0.0784. The van der Waals surface area contributed by atoms with Crippen LogP contribution in [-0.4, -0.2) is 53.8 Å². The molecule has 1 saturated carbocycles. The Bertz CT molecular complexity index is 551. The van der Waals surface area contributed by atoms with E-state index in [2.05, 4.69) is 20.4 Å². The van der Waals surface area contributed by atoms with Gasteiger partial charge in [-0.05, 0) is 38.6 Å². The number of hydrogen-bond donors (Lipinski definition) is 1. The van der Waals surface area contributed by atoms with E-state index >= 15 is 0 Å². The number of ether oxygens (including phenoxy) is 1. The smallest absolute Gasteiger partial charge is 0.234 e. The van der Waals surface area contributed by atoms with Gasteiger partial charge in [-0.25, -0.2) is 0 Å². The van der Waals surface area contributed by atoms with Gasteiger partial charge in [-0.15, -0.1) is 0 Å². The summed E-state index contributed by atoms with van der Waals surface area (Å²) in [5.74, 6) is 2.54. The van der Waals surface area contributed by atoms with Gasteiger partial charge >= 0.3 is 0 Å². The summed E-state index contributed by atoms with van der Waals surface area (Å²) in [6.07, 6.45) is 5.42. The van der Waals surface area contributed by atoms with Crippen LogP contribution < -0.4 is 5.32 Å². The molecule has 1 amide bonds. The van der Waals surface area contributed by atoms with Crippen LogP contribution in [0.2, 0.25) is 0 Å². The molecule has 0 bridgehead atoms. The second-order valence-electron chi connectivity index (χ2n) is 6.93. The zero-order valence-electron chi connectivity index (χ0n) is 13.4. The number of hydrogen-bond acceptors (Lipinski definition) is 6. The molecule has 1 aromatic rings. The fraction of sp³-hybridized carbons (Fsp3) is 0.812. The molecule has 0 radical (unpaired) electrons. The van der Waals surface area contributed by atoms with Crippen LogP contribution in [0.25, 0.3) is 0 Å². The van der Waals surface area contributed by atoms with E-state index in [4.69, 9.17) is 9.26 Å². The Labute approximate surface area is 135 Å². The predicted octanol–water partition coefficient (Wildman–Crippen LogP) is 1.24. The fourth-order valence-electron chi connectivity index (χ4n) is 3.43. The number of carbonyl (C=O) groups is 1. The average Bonchev–Trinajstić information content (AvgIpc) is 2.99. The van der Waals surface area contributed by atoms with E-state index in [1.165, 1.54) is 0 Å². The lowest BCUT2D eigenvalue weighted by Crippen LogP contribution is -2.39. The molecule has 7 heteroatoms. The van der Waals surface area contributed by atoms with Crippen LogP contribution in [0.1, 0.15) is 55.8 Å². The summed E-state index contributed by atoms with van der Waals surface area (Å²) in [4.78, 5) is 18.9. The standard InChI is InChI=1S/C16H24N4O3/c21-14(17-8-11-5-7-22-10-11)9-20-6-1-2-13(20)15-18-16(23-19-15)12-3-4-12/h11-13H,1-10H2,(H,17,21). The summed E-state index contributed by atoms with van der Waals surface area (Å²) in [7, 11) is 0. The first-order valence-electron chi connectivity index (χ1n) is 8.71. The zero-order chi connectivity index (χ0) is 15.6. The third-order valence-corrected chi connectivity index (χ3v) is 5.00. The van der Waals surface area contributed by atoms with E-state index in [1.807, 2.05) is 0 Å². The topological polar surface area (TPSA) is 80.5 Å². The van der Waals surface area contributed by atoms with Crippen molar-refractivity contribution in [2.75, 3.05) is 32.8 Å². The van der Waals surface area contributed by atoms with Gasteiger partial charge in [-0.3, -0.25) is 9.69 Å². The van der Waals surface area contributed by atoms with Gasteiger partial charge in [0.05, 0.1) is 19.2 Å². The first-order valence-corrected chi connectivity index (χ1v) is 8.71. The Hall–Kier alpha value is -1.47. The van der Waals surface area contributed by atoms with Crippen molar-refractivity contribution in [2.24, 2.45) is 5.92 Å². The van der Waals surface area contributed by atoms with Crippen molar-refractivity contribution >= 4 is 5.91 Å². The largest absolute Gasteiger partial charge is 0.381 e. The van der Waals surface area contributed by atoms with Crippen LogP contribution in [0.3, 0.4) is 0 Å². The lowest BCUT2D eigenvalue weighted by molar-refractivity contribution is -0.122. The van der Waals surface area contributed by atoms with Gasteiger partial charge in [-0.1, -0.05) is 5.16 Å². The van der Waals surface area contributed by atoms with Crippen LogP contribution >= 0.6 is 0 Å². The SMILES string of the molecule is O=C(CN1CCCC1c1noc(C2CC2)n1)NCC1CCOC1. The summed E-state index contributed by atoms with van der Waals surface area (Å²) in [6.45, 7) is 3.62. The molecule has 2 saturated heterocycles. The third kappa shape index (κ3) is 3.55. The second kappa shape index (κ2) is 6.57. The average molecular weight is 320 g/mol. The van der Waals surface area contributed by atoms with Crippen LogP contribution in [0.5, 0.6) is 0 Å². The number of aromatic nitrogens is 2. The van der Waals surface area contributed by atoms with Crippen molar-refractivity contribution in [1.29, 1.82) is 0 Å². The maximum Gasteiger partial charge on any atom is 0.234 e.